The highest BCUT2D eigenvalue weighted by molar-refractivity contribution is 5.35. The molecule has 0 aliphatic carbocycles. The molecule has 0 aliphatic rings. The van der Waals surface area contributed by atoms with Gasteiger partial charge in [0.25, 0.3) is 0 Å². The van der Waals surface area contributed by atoms with E-state index in [0.29, 0.717) is 5.92 Å². The number of aryl methyl sites for hydroxylation is 1. The highest BCUT2D eigenvalue weighted by Gasteiger charge is 2.07. The van der Waals surface area contributed by atoms with Gasteiger partial charge in [-0.15, -0.1) is 9.73 Å². The zero-order valence-corrected chi connectivity index (χ0v) is 8.02. The van der Waals surface area contributed by atoms with Crippen molar-refractivity contribution in [3.63, 3.8) is 0 Å². The molecule has 0 radical (unpaired) electrons. The van der Waals surface area contributed by atoms with E-state index in [1.54, 1.807) is 4.63 Å². The van der Waals surface area contributed by atoms with Gasteiger partial charge in [0.1, 0.15) is 0 Å². The predicted molar refractivity (Wildman–Crippen MR) is 49.6 cm³/mol. The maximum Gasteiger partial charge on any atom is 0.176 e. The first-order chi connectivity index (χ1) is 6.16. The molecule has 4 nitrogen and oxygen atoms in total. The standard InChI is InChI=1S/C9H12N4/c1-6(2)9-10-8-5-4-7(3)11-13(8)12-9/h4-6H,1-3H3. The van der Waals surface area contributed by atoms with Crippen molar-refractivity contribution in [3.05, 3.63) is 23.7 Å². The molecular weight excluding hydrogens is 164 g/mol. The molecule has 0 amide bonds. The molecule has 0 unspecified atom stereocenters. The van der Waals surface area contributed by atoms with E-state index in [0.717, 1.165) is 17.2 Å². The van der Waals surface area contributed by atoms with Crippen molar-refractivity contribution in [2.75, 3.05) is 0 Å². The summed E-state index contributed by atoms with van der Waals surface area (Å²) in [7, 11) is 0. The van der Waals surface area contributed by atoms with E-state index < -0.39 is 0 Å². The second-order valence-electron chi connectivity index (χ2n) is 3.45. The predicted octanol–water partition coefficient (Wildman–Crippen LogP) is 1.56. The van der Waals surface area contributed by atoms with Crippen LogP contribution in [0.2, 0.25) is 0 Å². The molecule has 0 fully saturated rings. The van der Waals surface area contributed by atoms with Crippen molar-refractivity contribution >= 4 is 5.65 Å². The Bertz CT molecular complexity index is 430. The molecule has 2 rings (SSSR count). The van der Waals surface area contributed by atoms with Crippen molar-refractivity contribution in [2.24, 2.45) is 0 Å². The molecule has 2 heterocycles. The Morgan fingerprint density at radius 1 is 1.23 bits per heavy atom. The van der Waals surface area contributed by atoms with Gasteiger partial charge in [-0.3, -0.25) is 0 Å². The van der Waals surface area contributed by atoms with E-state index in [1.807, 2.05) is 19.1 Å². The summed E-state index contributed by atoms with van der Waals surface area (Å²) in [6.07, 6.45) is 0. The lowest BCUT2D eigenvalue weighted by molar-refractivity contribution is 0.717. The number of aromatic nitrogens is 4. The van der Waals surface area contributed by atoms with E-state index in [9.17, 15) is 0 Å². The van der Waals surface area contributed by atoms with Crippen LogP contribution in [0.15, 0.2) is 12.1 Å². The van der Waals surface area contributed by atoms with Crippen molar-refractivity contribution in [3.8, 4) is 0 Å². The largest absolute Gasteiger partial charge is 0.210 e. The maximum absolute atomic E-state index is 4.34. The highest BCUT2D eigenvalue weighted by Crippen LogP contribution is 2.09. The zero-order valence-electron chi connectivity index (χ0n) is 8.02. The Labute approximate surface area is 76.6 Å². The maximum atomic E-state index is 4.34. The average Bonchev–Trinajstić information content (AvgIpc) is 2.46. The summed E-state index contributed by atoms with van der Waals surface area (Å²) in [6, 6.07) is 3.87. The van der Waals surface area contributed by atoms with Crippen LogP contribution < -0.4 is 0 Å². The minimum Gasteiger partial charge on any atom is -0.210 e. The molecule has 13 heavy (non-hydrogen) atoms. The normalized spacial score (nSPS) is 11.4. The molecule has 0 aliphatic heterocycles. The second-order valence-corrected chi connectivity index (χ2v) is 3.45. The van der Waals surface area contributed by atoms with E-state index >= 15 is 0 Å². The van der Waals surface area contributed by atoms with Gasteiger partial charge < -0.3 is 0 Å². The number of nitrogens with zero attached hydrogens (tertiary/aromatic N) is 4. The Balaban J connectivity index is 2.62. The number of hydrogen-bond acceptors (Lipinski definition) is 3. The Morgan fingerprint density at radius 2 is 2.00 bits per heavy atom. The average molecular weight is 176 g/mol. The second kappa shape index (κ2) is 2.80. The molecule has 0 atom stereocenters. The smallest absolute Gasteiger partial charge is 0.176 e. The van der Waals surface area contributed by atoms with Crippen molar-refractivity contribution in [1.82, 2.24) is 19.8 Å². The van der Waals surface area contributed by atoms with Crippen LogP contribution in [-0.2, 0) is 0 Å². The Kier molecular flexibility index (Phi) is 1.76. The van der Waals surface area contributed by atoms with E-state index in [2.05, 4.69) is 29.0 Å². The summed E-state index contributed by atoms with van der Waals surface area (Å²) in [5.74, 6) is 1.19. The molecule has 0 spiro atoms. The van der Waals surface area contributed by atoms with Gasteiger partial charge in [-0.1, -0.05) is 13.8 Å². The first-order valence-corrected chi connectivity index (χ1v) is 4.37. The molecule has 4 heteroatoms. The molecule has 0 saturated carbocycles. The Hall–Kier alpha value is -1.45. The van der Waals surface area contributed by atoms with E-state index in [-0.39, 0.29) is 0 Å². The minimum atomic E-state index is 0.349. The van der Waals surface area contributed by atoms with Crippen LogP contribution in [0.3, 0.4) is 0 Å². The molecule has 0 aromatic carbocycles. The lowest BCUT2D eigenvalue weighted by atomic mass is 10.2. The van der Waals surface area contributed by atoms with E-state index in [1.165, 1.54) is 0 Å². The lowest BCUT2D eigenvalue weighted by Crippen LogP contribution is -1.96. The van der Waals surface area contributed by atoms with Gasteiger partial charge in [0, 0.05) is 5.92 Å². The molecule has 0 N–H and O–H groups in total. The van der Waals surface area contributed by atoms with Gasteiger partial charge >= 0.3 is 0 Å². The summed E-state index contributed by atoms with van der Waals surface area (Å²) < 4.78 is 1.59. The number of rotatable bonds is 1. The van der Waals surface area contributed by atoms with Crippen LogP contribution in [-0.4, -0.2) is 19.8 Å². The monoisotopic (exact) mass is 176 g/mol. The third kappa shape index (κ3) is 1.39. The Morgan fingerprint density at radius 3 is 2.69 bits per heavy atom. The number of hydrogen-bond donors (Lipinski definition) is 0. The van der Waals surface area contributed by atoms with Crippen LogP contribution in [0, 0.1) is 6.92 Å². The summed E-state index contributed by atoms with van der Waals surface area (Å²) >= 11 is 0. The van der Waals surface area contributed by atoms with Gasteiger partial charge in [-0.05, 0) is 19.1 Å². The van der Waals surface area contributed by atoms with Gasteiger partial charge in [-0.25, -0.2) is 4.98 Å². The fourth-order valence-corrected chi connectivity index (χ4v) is 1.13. The summed E-state index contributed by atoms with van der Waals surface area (Å²) in [6.45, 7) is 6.08. The van der Waals surface area contributed by atoms with Crippen molar-refractivity contribution in [2.45, 2.75) is 26.7 Å². The lowest BCUT2D eigenvalue weighted by Gasteiger charge is -1.92. The SMILES string of the molecule is Cc1ccc2nc(C(C)C)nn2n1. The summed E-state index contributed by atoms with van der Waals surface area (Å²) in [5, 5.41) is 8.49. The van der Waals surface area contributed by atoms with Gasteiger partial charge in [-0.2, -0.15) is 5.10 Å². The molecule has 2 aromatic heterocycles. The van der Waals surface area contributed by atoms with Crippen LogP contribution in [0.4, 0.5) is 0 Å². The zero-order chi connectivity index (χ0) is 9.42. The molecule has 0 saturated heterocycles. The van der Waals surface area contributed by atoms with Crippen molar-refractivity contribution < 1.29 is 0 Å². The quantitative estimate of drug-likeness (QED) is 0.662. The highest BCUT2D eigenvalue weighted by atomic mass is 15.4. The van der Waals surface area contributed by atoms with Gasteiger partial charge in [0.2, 0.25) is 0 Å². The van der Waals surface area contributed by atoms with Gasteiger partial charge in [0.05, 0.1) is 5.69 Å². The van der Waals surface area contributed by atoms with Crippen LogP contribution >= 0.6 is 0 Å². The fraction of sp³-hybridized carbons (Fsp3) is 0.444. The van der Waals surface area contributed by atoms with Crippen LogP contribution in [0.5, 0.6) is 0 Å². The third-order valence-corrected chi connectivity index (χ3v) is 1.87. The van der Waals surface area contributed by atoms with Crippen molar-refractivity contribution in [1.29, 1.82) is 0 Å². The minimum absolute atomic E-state index is 0.349. The van der Waals surface area contributed by atoms with E-state index in [4.69, 9.17) is 0 Å². The first-order valence-electron chi connectivity index (χ1n) is 4.37. The molecule has 68 valence electrons. The summed E-state index contributed by atoms with van der Waals surface area (Å²) in [5.41, 5.74) is 1.77. The molecular formula is C9H12N4. The van der Waals surface area contributed by atoms with Gasteiger partial charge in [0.15, 0.2) is 11.5 Å². The van der Waals surface area contributed by atoms with Crippen LogP contribution in [0.25, 0.3) is 5.65 Å². The molecule has 2 aromatic rings. The fourth-order valence-electron chi connectivity index (χ4n) is 1.13. The molecule has 0 bridgehead atoms. The first kappa shape index (κ1) is 8.16. The third-order valence-electron chi connectivity index (χ3n) is 1.87. The number of fused-ring (bicyclic) bond motifs is 1. The summed E-state index contributed by atoms with van der Waals surface area (Å²) in [4.78, 5) is 4.34. The topological polar surface area (TPSA) is 43.1 Å². The van der Waals surface area contributed by atoms with Crippen LogP contribution in [0.1, 0.15) is 31.3 Å².